The molecule has 2 N–H and O–H groups in total. The van der Waals surface area contributed by atoms with Crippen LogP contribution in [0.1, 0.15) is 19.8 Å². The van der Waals surface area contributed by atoms with Crippen LogP contribution in [0.25, 0.3) is 10.9 Å². The van der Waals surface area contributed by atoms with E-state index in [4.69, 9.17) is 10.5 Å². The molecule has 20 heavy (non-hydrogen) atoms. The van der Waals surface area contributed by atoms with Crippen LogP contribution in [0.15, 0.2) is 24.3 Å². The SMILES string of the molecule is CCOC1CCN(c2nc(N)nc3ccccc23)CC1. The van der Waals surface area contributed by atoms with Gasteiger partial charge in [0.25, 0.3) is 0 Å². The van der Waals surface area contributed by atoms with Crippen molar-refractivity contribution in [3.8, 4) is 0 Å². The third-order valence-electron chi connectivity index (χ3n) is 3.74. The molecule has 1 aliphatic heterocycles. The number of nitrogen functional groups attached to an aromatic ring is 1. The summed E-state index contributed by atoms with van der Waals surface area (Å²) in [6, 6.07) is 8.01. The normalized spacial score (nSPS) is 16.8. The second-order valence-corrected chi connectivity index (χ2v) is 5.06. The van der Waals surface area contributed by atoms with E-state index in [1.165, 1.54) is 0 Å². The Balaban J connectivity index is 1.87. The maximum Gasteiger partial charge on any atom is 0.222 e. The van der Waals surface area contributed by atoms with Gasteiger partial charge in [-0.25, -0.2) is 4.98 Å². The van der Waals surface area contributed by atoms with Crippen LogP contribution in [-0.4, -0.2) is 35.8 Å². The van der Waals surface area contributed by atoms with E-state index in [1.807, 2.05) is 25.1 Å². The molecule has 0 bridgehead atoms. The molecule has 1 saturated heterocycles. The molecule has 5 heteroatoms. The number of fused-ring (bicyclic) bond motifs is 1. The Morgan fingerprint density at radius 3 is 2.75 bits per heavy atom. The summed E-state index contributed by atoms with van der Waals surface area (Å²) in [7, 11) is 0. The number of hydrogen-bond donors (Lipinski definition) is 1. The zero-order chi connectivity index (χ0) is 13.9. The molecule has 0 saturated carbocycles. The Hall–Kier alpha value is -1.88. The third-order valence-corrected chi connectivity index (χ3v) is 3.74. The average molecular weight is 272 g/mol. The Kier molecular flexibility index (Phi) is 3.69. The minimum Gasteiger partial charge on any atom is -0.378 e. The van der Waals surface area contributed by atoms with Gasteiger partial charge in [-0.1, -0.05) is 12.1 Å². The Morgan fingerprint density at radius 2 is 2.00 bits per heavy atom. The maximum absolute atomic E-state index is 5.83. The summed E-state index contributed by atoms with van der Waals surface area (Å²) in [5, 5.41) is 1.07. The fourth-order valence-electron chi connectivity index (χ4n) is 2.79. The number of anilines is 2. The number of nitrogens with two attached hydrogens (primary N) is 1. The first kappa shape index (κ1) is 13.1. The molecule has 1 aromatic heterocycles. The molecule has 2 heterocycles. The number of ether oxygens (including phenoxy) is 1. The van der Waals surface area contributed by atoms with Crippen LogP contribution < -0.4 is 10.6 Å². The van der Waals surface area contributed by atoms with Gasteiger partial charge in [-0.05, 0) is 31.9 Å². The molecule has 3 rings (SSSR count). The first-order valence-corrected chi connectivity index (χ1v) is 7.16. The molecule has 5 nitrogen and oxygen atoms in total. The van der Waals surface area contributed by atoms with Crippen LogP contribution in [0.2, 0.25) is 0 Å². The lowest BCUT2D eigenvalue weighted by molar-refractivity contribution is 0.0459. The van der Waals surface area contributed by atoms with E-state index < -0.39 is 0 Å². The van der Waals surface area contributed by atoms with Gasteiger partial charge in [-0.3, -0.25) is 0 Å². The zero-order valence-electron chi connectivity index (χ0n) is 11.7. The van der Waals surface area contributed by atoms with Crippen molar-refractivity contribution in [1.29, 1.82) is 0 Å². The molecule has 2 aromatic rings. The quantitative estimate of drug-likeness (QED) is 0.928. The number of piperidine rings is 1. The maximum atomic E-state index is 5.83. The number of para-hydroxylation sites is 1. The van der Waals surface area contributed by atoms with E-state index in [1.54, 1.807) is 0 Å². The van der Waals surface area contributed by atoms with Crippen LogP contribution in [0.5, 0.6) is 0 Å². The number of benzene rings is 1. The summed E-state index contributed by atoms with van der Waals surface area (Å²) >= 11 is 0. The molecular weight excluding hydrogens is 252 g/mol. The third kappa shape index (κ3) is 2.54. The van der Waals surface area contributed by atoms with Gasteiger partial charge in [0.1, 0.15) is 5.82 Å². The molecule has 0 aliphatic carbocycles. The van der Waals surface area contributed by atoms with Crippen molar-refractivity contribution in [1.82, 2.24) is 9.97 Å². The highest BCUT2D eigenvalue weighted by Crippen LogP contribution is 2.27. The predicted molar refractivity (Wildman–Crippen MR) is 80.8 cm³/mol. The monoisotopic (exact) mass is 272 g/mol. The van der Waals surface area contributed by atoms with Gasteiger partial charge >= 0.3 is 0 Å². The second-order valence-electron chi connectivity index (χ2n) is 5.06. The fourth-order valence-corrected chi connectivity index (χ4v) is 2.79. The molecular formula is C15H20N4O. The second kappa shape index (κ2) is 5.63. The number of nitrogens with zero attached hydrogens (tertiary/aromatic N) is 3. The van der Waals surface area contributed by atoms with Crippen LogP contribution in [-0.2, 0) is 4.74 Å². The lowest BCUT2D eigenvalue weighted by atomic mass is 10.1. The van der Waals surface area contributed by atoms with Crippen LogP contribution in [0.4, 0.5) is 11.8 Å². The highest BCUT2D eigenvalue weighted by atomic mass is 16.5. The zero-order valence-corrected chi connectivity index (χ0v) is 11.7. The lowest BCUT2D eigenvalue weighted by Gasteiger charge is -2.33. The molecule has 0 atom stereocenters. The standard InChI is InChI=1S/C15H20N4O/c1-2-20-11-7-9-19(10-8-11)14-12-5-3-4-6-13(12)17-15(16)18-14/h3-6,11H,2,7-10H2,1H3,(H2,16,17,18). The van der Waals surface area contributed by atoms with Crippen molar-refractivity contribution < 1.29 is 4.74 Å². The average Bonchev–Trinajstić information content (AvgIpc) is 2.47. The van der Waals surface area contributed by atoms with E-state index >= 15 is 0 Å². The topological polar surface area (TPSA) is 64.3 Å². The molecule has 1 aliphatic rings. The van der Waals surface area contributed by atoms with Crippen molar-refractivity contribution in [2.24, 2.45) is 0 Å². The minimum absolute atomic E-state index is 0.339. The van der Waals surface area contributed by atoms with Crippen molar-refractivity contribution in [2.45, 2.75) is 25.9 Å². The van der Waals surface area contributed by atoms with Crippen molar-refractivity contribution in [2.75, 3.05) is 30.3 Å². The Bertz CT molecular complexity index is 593. The highest BCUT2D eigenvalue weighted by molar-refractivity contribution is 5.90. The van der Waals surface area contributed by atoms with Crippen LogP contribution in [0.3, 0.4) is 0 Å². The summed E-state index contributed by atoms with van der Waals surface area (Å²) in [5.74, 6) is 1.29. The van der Waals surface area contributed by atoms with Crippen molar-refractivity contribution >= 4 is 22.7 Å². The van der Waals surface area contributed by atoms with Crippen molar-refractivity contribution in [3.63, 3.8) is 0 Å². The van der Waals surface area contributed by atoms with Gasteiger partial charge in [0, 0.05) is 25.1 Å². The highest BCUT2D eigenvalue weighted by Gasteiger charge is 2.22. The Labute approximate surface area is 118 Å². The number of hydrogen-bond acceptors (Lipinski definition) is 5. The summed E-state index contributed by atoms with van der Waals surface area (Å²) in [6.07, 6.45) is 2.44. The van der Waals surface area contributed by atoms with Gasteiger partial charge in [-0.2, -0.15) is 4.98 Å². The summed E-state index contributed by atoms with van der Waals surface area (Å²) < 4.78 is 5.69. The van der Waals surface area contributed by atoms with Gasteiger partial charge in [-0.15, -0.1) is 0 Å². The molecule has 1 fully saturated rings. The largest absolute Gasteiger partial charge is 0.378 e. The van der Waals surface area contributed by atoms with E-state index in [0.29, 0.717) is 12.1 Å². The molecule has 0 radical (unpaired) electrons. The van der Waals surface area contributed by atoms with Gasteiger partial charge < -0.3 is 15.4 Å². The van der Waals surface area contributed by atoms with Crippen LogP contribution in [0, 0.1) is 0 Å². The summed E-state index contributed by atoms with van der Waals surface area (Å²) in [5.41, 5.74) is 6.74. The molecule has 0 spiro atoms. The smallest absolute Gasteiger partial charge is 0.222 e. The van der Waals surface area contributed by atoms with Gasteiger partial charge in [0.15, 0.2) is 0 Å². The van der Waals surface area contributed by atoms with Crippen LogP contribution >= 0.6 is 0 Å². The number of rotatable bonds is 3. The minimum atomic E-state index is 0.339. The molecule has 1 aromatic carbocycles. The Morgan fingerprint density at radius 1 is 1.25 bits per heavy atom. The summed E-state index contributed by atoms with van der Waals surface area (Å²) in [6.45, 7) is 4.73. The molecule has 0 amide bonds. The lowest BCUT2D eigenvalue weighted by Crippen LogP contribution is -2.37. The van der Waals surface area contributed by atoms with E-state index in [0.717, 1.165) is 49.3 Å². The first-order chi connectivity index (χ1) is 9.78. The van der Waals surface area contributed by atoms with Crippen molar-refractivity contribution in [3.05, 3.63) is 24.3 Å². The first-order valence-electron chi connectivity index (χ1n) is 7.16. The van der Waals surface area contributed by atoms with E-state index in [2.05, 4.69) is 20.9 Å². The van der Waals surface area contributed by atoms with E-state index in [9.17, 15) is 0 Å². The molecule has 0 unspecified atom stereocenters. The summed E-state index contributed by atoms with van der Waals surface area (Å²) in [4.78, 5) is 11.0. The van der Waals surface area contributed by atoms with Gasteiger partial charge in [0.2, 0.25) is 5.95 Å². The fraction of sp³-hybridized carbons (Fsp3) is 0.467. The predicted octanol–water partition coefficient (Wildman–Crippen LogP) is 2.22. The van der Waals surface area contributed by atoms with E-state index in [-0.39, 0.29) is 0 Å². The van der Waals surface area contributed by atoms with Gasteiger partial charge in [0.05, 0.1) is 11.6 Å². The molecule has 106 valence electrons. The number of aromatic nitrogens is 2.